The number of guanidine groups is 1. The number of hydrogen-bond donors (Lipinski definition) is 9. The van der Waals surface area contributed by atoms with E-state index in [1.807, 2.05) is 19.2 Å². The third-order valence-corrected chi connectivity index (χ3v) is 14.6. The number of aliphatic imine (C=N–C) groups is 1. The number of primary amides is 1. The average molecular weight is 1060 g/mol. The molecule has 2 aliphatic rings. The maximum absolute atomic E-state index is 14.7. The van der Waals surface area contributed by atoms with Gasteiger partial charge in [0.05, 0.1) is 24.5 Å². The van der Waals surface area contributed by atoms with Gasteiger partial charge < -0.3 is 53.8 Å². The van der Waals surface area contributed by atoms with Gasteiger partial charge >= 0.3 is 0 Å². The Kier molecular flexibility index (Phi) is 23.9. The summed E-state index contributed by atoms with van der Waals surface area (Å²) in [6.07, 6.45) is -1.57. The molecule has 0 radical (unpaired) electrons. The molecule has 396 valence electrons. The summed E-state index contributed by atoms with van der Waals surface area (Å²) in [6.45, 7) is 7.37. The van der Waals surface area contributed by atoms with Crippen LogP contribution in [0.4, 0.5) is 0 Å². The molecule has 1 aromatic carbocycles. The quantitative estimate of drug-likeness (QED) is 0.0611. The number of thioether (sulfide) groups is 1. The Morgan fingerprint density at radius 1 is 0.917 bits per heavy atom. The molecule has 72 heavy (non-hydrogen) atoms. The number of thiophene rings is 1. The lowest BCUT2D eigenvalue weighted by atomic mass is 9.91. The SMILES string of the molecule is CC(C)CNC(=O)[C@@H](CCCN=C(N)N)NC(=O)[C@@H]1C[C@@H](O)CN1C(=O)[C@@H]1CSCCCC(=O)C[C@@H](Cc2ccc(Cl)cc2)C(=O)N[C@@H](Cc2cccs2)C(=O)N[C@@H](C(C)C)C(=O)N[C@@H](CC(N)=O)C(=O)C1. The van der Waals surface area contributed by atoms with Gasteiger partial charge in [0, 0.05) is 73.3 Å². The topological polar surface area (TPSA) is 328 Å². The van der Waals surface area contributed by atoms with E-state index < -0.39 is 114 Å². The van der Waals surface area contributed by atoms with Gasteiger partial charge in [-0.05, 0) is 72.4 Å². The second-order valence-electron chi connectivity index (χ2n) is 19.2. The van der Waals surface area contributed by atoms with Gasteiger partial charge in [0.15, 0.2) is 11.7 Å². The van der Waals surface area contributed by atoms with Gasteiger partial charge in [-0.3, -0.25) is 48.1 Å². The molecule has 0 aliphatic carbocycles. The molecular formula is C49H71ClN10O10S2. The molecular weight excluding hydrogens is 988 g/mol. The average Bonchev–Trinajstić information content (AvgIpc) is 3.98. The Morgan fingerprint density at radius 2 is 1.62 bits per heavy atom. The second-order valence-corrected chi connectivity index (χ2v) is 21.8. The molecule has 8 atom stereocenters. The third-order valence-electron chi connectivity index (χ3n) is 12.2. The minimum Gasteiger partial charge on any atom is -0.391 e. The number of amides is 7. The number of hydrogen-bond acceptors (Lipinski definition) is 13. The first-order valence-electron chi connectivity index (χ1n) is 24.3. The third kappa shape index (κ3) is 19.4. The summed E-state index contributed by atoms with van der Waals surface area (Å²) in [7, 11) is 0. The van der Waals surface area contributed by atoms with Crippen molar-refractivity contribution in [2.45, 2.75) is 128 Å². The van der Waals surface area contributed by atoms with E-state index in [-0.39, 0.29) is 75.0 Å². The Morgan fingerprint density at radius 3 is 2.26 bits per heavy atom. The van der Waals surface area contributed by atoms with E-state index in [0.29, 0.717) is 30.2 Å². The minimum atomic E-state index is -1.54. The number of nitrogens with zero attached hydrogens (tertiary/aromatic N) is 2. The van der Waals surface area contributed by atoms with Crippen LogP contribution in [0.1, 0.15) is 89.5 Å². The fourth-order valence-corrected chi connectivity index (χ4v) is 10.3. The van der Waals surface area contributed by atoms with Crippen molar-refractivity contribution in [3.8, 4) is 0 Å². The fourth-order valence-electron chi connectivity index (χ4n) is 8.37. The normalized spacial score (nSPS) is 23.6. The van der Waals surface area contributed by atoms with Crippen molar-refractivity contribution in [1.82, 2.24) is 31.5 Å². The van der Waals surface area contributed by atoms with Crippen molar-refractivity contribution in [2.75, 3.05) is 31.1 Å². The van der Waals surface area contributed by atoms with E-state index in [9.17, 15) is 48.3 Å². The number of ketones is 2. The van der Waals surface area contributed by atoms with Gasteiger partial charge in [-0.2, -0.15) is 11.8 Å². The zero-order chi connectivity index (χ0) is 53.1. The highest BCUT2D eigenvalue weighted by molar-refractivity contribution is 7.99. The first-order valence-corrected chi connectivity index (χ1v) is 26.7. The van der Waals surface area contributed by atoms with Crippen molar-refractivity contribution >= 4 is 93.6 Å². The summed E-state index contributed by atoms with van der Waals surface area (Å²) in [5, 5.41) is 27.0. The molecule has 20 nitrogen and oxygen atoms in total. The number of rotatable bonds is 17. The Bertz CT molecular complexity index is 2230. The molecule has 4 rings (SSSR count). The lowest BCUT2D eigenvalue weighted by Crippen LogP contribution is -2.58. The number of likely N-dealkylation sites (tertiary alicyclic amines) is 1. The lowest BCUT2D eigenvalue weighted by Gasteiger charge is -2.30. The summed E-state index contributed by atoms with van der Waals surface area (Å²) >= 11 is 8.77. The number of halogens is 1. The Hall–Kier alpha value is -5.58. The van der Waals surface area contributed by atoms with Crippen LogP contribution in [-0.2, 0) is 56.0 Å². The molecule has 3 heterocycles. The van der Waals surface area contributed by atoms with Crippen LogP contribution in [0.5, 0.6) is 0 Å². The van der Waals surface area contributed by atoms with Gasteiger partial charge in [0.1, 0.15) is 30.0 Å². The number of benzene rings is 1. The van der Waals surface area contributed by atoms with Crippen LogP contribution >= 0.6 is 34.7 Å². The lowest BCUT2D eigenvalue weighted by molar-refractivity contribution is -0.143. The predicted molar refractivity (Wildman–Crippen MR) is 276 cm³/mol. The molecule has 7 amide bonds. The largest absolute Gasteiger partial charge is 0.391 e. The van der Waals surface area contributed by atoms with Gasteiger partial charge in [-0.1, -0.05) is 57.5 Å². The van der Waals surface area contributed by atoms with Crippen molar-refractivity contribution < 1.29 is 48.3 Å². The Balaban J connectivity index is 1.67. The van der Waals surface area contributed by atoms with Crippen molar-refractivity contribution in [1.29, 1.82) is 0 Å². The van der Waals surface area contributed by atoms with E-state index in [0.717, 1.165) is 10.4 Å². The molecule has 12 N–H and O–H groups in total. The number of aliphatic hydroxyl groups is 1. The standard InChI is InChI=1S/C49H71ClN10O10S2/c1-27(2)24-55-44(66)36(10-5-15-54-49(52)53)56-46(68)39-21-34(62)25-60(39)48(70)31-20-40(63)37(23-41(51)64)57-47(69)42(28(3)4)59-45(67)38(22-35-9-7-17-72-35)58-43(65)30(18-29-11-13-32(50)14-12-29)19-33(61)8-6-16-71-26-31/h7,9,11-14,17,27-28,30-31,34,36-39,42,62H,5-6,8,10,15-16,18-26H2,1-4H3,(H2,51,64)(H,55,66)(H,56,68)(H,57,69)(H,58,65)(H,59,67)(H4,52,53,54)/t30-,31+,34-,36-,37+,38+,39+,42+/m1/s1. The summed E-state index contributed by atoms with van der Waals surface area (Å²) < 4.78 is 0. The summed E-state index contributed by atoms with van der Waals surface area (Å²) in [5.41, 5.74) is 17.3. The molecule has 23 heteroatoms. The van der Waals surface area contributed by atoms with Crippen LogP contribution in [0.25, 0.3) is 0 Å². The molecule has 2 saturated heterocycles. The zero-order valence-electron chi connectivity index (χ0n) is 41.4. The minimum absolute atomic E-state index is 0.0140. The first kappa shape index (κ1) is 59.0. The van der Waals surface area contributed by atoms with E-state index in [1.54, 1.807) is 50.2 Å². The highest BCUT2D eigenvalue weighted by Gasteiger charge is 2.43. The van der Waals surface area contributed by atoms with Crippen LogP contribution in [0.2, 0.25) is 5.02 Å². The van der Waals surface area contributed by atoms with Crippen LogP contribution in [0, 0.1) is 23.7 Å². The van der Waals surface area contributed by atoms with Crippen molar-refractivity contribution in [3.63, 3.8) is 0 Å². The molecule has 1 aromatic heterocycles. The van der Waals surface area contributed by atoms with Crippen LogP contribution in [0.3, 0.4) is 0 Å². The smallest absolute Gasteiger partial charge is 0.243 e. The van der Waals surface area contributed by atoms with Gasteiger partial charge in [0.2, 0.25) is 41.4 Å². The van der Waals surface area contributed by atoms with Gasteiger partial charge in [-0.15, -0.1) is 11.3 Å². The van der Waals surface area contributed by atoms with Crippen LogP contribution in [-0.4, -0.2) is 136 Å². The molecule has 0 saturated carbocycles. The molecule has 2 aliphatic heterocycles. The number of nitrogens with two attached hydrogens (primary N) is 3. The number of β-amino-alcohol motifs (C(OH)–C–C–N with tert-alkyl or cyclic N) is 1. The van der Waals surface area contributed by atoms with Crippen LogP contribution < -0.4 is 43.8 Å². The van der Waals surface area contributed by atoms with Gasteiger partial charge in [-0.25, -0.2) is 0 Å². The summed E-state index contributed by atoms with van der Waals surface area (Å²) in [4.78, 5) is 131. The molecule has 0 unspecified atom stereocenters. The van der Waals surface area contributed by atoms with Crippen molar-refractivity contribution in [3.05, 3.63) is 57.2 Å². The van der Waals surface area contributed by atoms with E-state index in [2.05, 4.69) is 31.6 Å². The predicted octanol–water partition coefficient (Wildman–Crippen LogP) is 1.12. The summed E-state index contributed by atoms with van der Waals surface area (Å²) in [5.74, 6) is -8.21. The molecule has 2 fully saturated rings. The van der Waals surface area contributed by atoms with E-state index in [4.69, 9.17) is 28.8 Å². The number of nitrogens with one attached hydrogen (secondary N) is 5. The highest BCUT2D eigenvalue weighted by atomic mass is 35.5. The number of Topliss-reactive ketones (excluding diaryl/α,β-unsaturated/α-hetero) is 2. The highest BCUT2D eigenvalue weighted by Crippen LogP contribution is 2.27. The number of carbonyl (C=O) groups is 9. The molecule has 2 aromatic rings. The zero-order valence-corrected chi connectivity index (χ0v) is 43.8. The van der Waals surface area contributed by atoms with E-state index >= 15 is 0 Å². The number of carbonyl (C=O) groups excluding carboxylic acids is 9. The number of aliphatic hydroxyl groups excluding tert-OH is 1. The Labute approximate surface area is 433 Å². The first-order chi connectivity index (χ1) is 34.1. The van der Waals surface area contributed by atoms with Crippen molar-refractivity contribution in [2.24, 2.45) is 45.9 Å². The molecule has 0 spiro atoms. The summed E-state index contributed by atoms with van der Waals surface area (Å²) in [6, 6.07) is 4.14. The maximum atomic E-state index is 14.7. The monoisotopic (exact) mass is 1060 g/mol. The van der Waals surface area contributed by atoms with Crippen LogP contribution in [0.15, 0.2) is 46.8 Å². The second kappa shape index (κ2) is 29.2. The van der Waals surface area contributed by atoms with Gasteiger partial charge in [0.25, 0.3) is 0 Å². The fraction of sp³-hybridized carbons (Fsp3) is 0.592. The maximum Gasteiger partial charge on any atom is 0.243 e. The van der Waals surface area contributed by atoms with E-state index in [1.165, 1.54) is 28.0 Å². The molecule has 0 bridgehead atoms.